The smallest absolute Gasteiger partial charge is 0.243 e. The van der Waals surface area contributed by atoms with Gasteiger partial charge in [0.1, 0.15) is 5.76 Å². The normalized spacial score (nSPS) is 14.7. The number of rotatable bonds is 4. The quantitative estimate of drug-likeness (QED) is 0.593. The van der Waals surface area contributed by atoms with Gasteiger partial charge in [-0.3, -0.25) is 4.79 Å². The van der Waals surface area contributed by atoms with E-state index in [1.54, 1.807) is 11.3 Å². The maximum absolute atomic E-state index is 11.5. The Morgan fingerprint density at radius 2 is 2.18 bits per heavy atom. The summed E-state index contributed by atoms with van der Waals surface area (Å²) in [7, 11) is 0. The summed E-state index contributed by atoms with van der Waals surface area (Å²) in [6.45, 7) is 0. The molecule has 0 spiro atoms. The Hall–Kier alpha value is -2.47. The number of fused-ring (bicyclic) bond motifs is 1. The number of carbonyl (C=O) groups is 1. The number of amides is 1. The molecule has 0 radical (unpaired) electrons. The molecule has 1 aromatic carbocycles. The molecule has 1 N–H and O–H groups in total. The highest BCUT2D eigenvalue weighted by Gasteiger charge is 2.29. The van der Waals surface area contributed by atoms with Gasteiger partial charge in [-0.2, -0.15) is 5.10 Å². The van der Waals surface area contributed by atoms with Crippen LogP contribution < -0.4 is 5.43 Å². The summed E-state index contributed by atoms with van der Waals surface area (Å²) in [5.74, 6) is 1.42. The molecule has 0 unspecified atom stereocenters. The Balaban J connectivity index is 1.50. The minimum atomic E-state index is -0.0193. The van der Waals surface area contributed by atoms with Crippen molar-refractivity contribution in [2.75, 3.05) is 0 Å². The van der Waals surface area contributed by atoms with Gasteiger partial charge in [-0.15, -0.1) is 11.3 Å². The Labute approximate surface area is 130 Å². The van der Waals surface area contributed by atoms with Crippen LogP contribution in [0.15, 0.2) is 45.9 Å². The first-order valence-corrected chi connectivity index (χ1v) is 7.90. The number of nitrogens with one attached hydrogen (secondary N) is 1. The van der Waals surface area contributed by atoms with Gasteiger partial charge in [0.15, 0.2) is 10.8 Å². The van der Waals surface area contributed by atoms with E-state index < -0.39 is 0 Å². The SMILES string of the molecule is O=C(N/N=C\c1ccc(-c2nc3ccccc3s2)o1)C1CC1. The highest BCUT2D eigenvalue weighted by atomic mass is 32.1. The molecular weight excluding hydrogens is 298 g/mol. The number of hydrogen-bond acceptors (Lipinski definition) is 5. The zero-order chi connectivity index (χ0) is 14.9. The van der Waals surface area contributed by atoms with Gasteiger partial charge in [0.05, 0.1) is 16.4 Å². The molecule has 2 heterocycles. The van der Waals surface area contributed by atoms with Gasteiger partial charge in [0.25, 0.3) is 0 Å². The largest absolute Gasteiger partial charge is 0.453 e. The number of hydrogen-bond donors (Lipinski definition) is 1. The standard InChI is InChI=1S/C16H13N3O2S/c20-15(10-5-6-10)19-17-9-11-7-8-13(21-11)16-18-12-3-1-2-4-14(12)22-16/h1-4,7-10H,5-6H2,(H,19,20)/b17-9-. The summed E-state index contributed by atoms with van der Waals surface area (Å²) in [5.41, 5.74) is 3.48. The fourth-order valence-electron chi connectivity index (χ4n) is 2.11. The summed E-state index contributed by atoms with van der Waals surface area (Å²) in [6, 6.07) is 11.7. The molecule has 0 atom stereocenters. The maximum atomic E-state index is 11.5. The summed E-state index contributed by atoms with van der Waals surface area (Å²) in [4.78, 5) is 16.0. The maximum Gasteiger partial charge on any atom is 0.243 e. The molecule has 0 aliphatic heterocycles. The van der Waals surface area contributed by atoms with Crippen molar-refractivity contribution >= 4 is 33.7 Å². The van der Waals surface area contributed by atoms with E-state index in [9.17, 15) is 4.79 Å². The number of nitrogens with zero attached hydrogens (tertiary/aromatic N) is 2. The van der Waals surface area contributed by atoms with Crippen LogP contribution in [-0.4, -0.2) is 17.1 Å². The van der Waals surface area contributed by atoms with Crippen molar-refractivity contribution in [3.8, 4) is 10.8 Å². The second-order valence-electron chi connectivity index (χ2n) is 5.20. The topological polar surface area (TPSA) is 67.5 Å². The number of carbonyl (C=O) groups excluding carboxylic acids is 1. The number of furan rings is 1. The monoisotopic (exact) mass is 311 g/mol. The molecule has 4 rings (SSSR count). The van der Waals surface area contributed by atoms with Crippen LogP contribution in [0.3, 0.4) is 0 Å². The Morgan fingerprint density at radius 3 is 3.00 bits per heavy atom. The summed E-state index contributed by atoms with van der Waals surface area (Å²) < 4.78 is 6.83. The van der Waals surface area contributed by atoms with E-state index in [1.165, 1.54) is 6.21 Å². The second kappa shape index (κ2) is 5.38. The second-order valence-corrected chi connectivity index (χ2v) is 6.23. The average Bonchev–Trinajstić information content (AvgIpc) is 3.12. The Kier molecular flexibility index (Phi) is 3.23. The van der Waals surface area contributed by atoms with Crippen LogP contribution in [0.1, 0.15) is 18.6 Å². The van der Waals surface area contributed by atoms with E-state index in [0.29, 0.717) is 11.5 Å². The van der Waals surface area contributed by atoms with Crippen molar-refractivity contribution in [1.29, 1.82) is 0 Å². The van der Waals surface area contributed by atoms with E-state index in [-0.39, 0.29) is 11.8 Å². The fraction of sp³-hybridized carbons (Fsp3) is 0.188. The summed E-state index contributed by atoms with van der Waals surface area (Å²) >= 11 is 1.59. The average molecular weight is 311 g/mol. The van der Waals surface area contributed by atoms with Crippen LogP contribution >= 0.6 is 11.3 Å². The highest BCUT2D eigenvalue weighted by molar-refractivity contribution is 7.21. The van der Waals surface area contributed by atoms with Crippen LogP contribution in [0.4, 0.5) is 0 Å². The molecule has 0 bridgehead atoms. The molecule has 1 aliphatic rings. The molecular formula is C16H13N3O2S. The van der Waals surface area contributed by atoms with Crippen molar-refractivity contribution in [2.45, 2.75) is 12.8 Å². The predicted octanol–water partition coefficient (Wildman–Crippen LogP) is 3.42. The van der Waals surface area contributed by atoms with Gasteiger partial charge in [-0.1, -0.05) is 12.1 Å². The van der Waals surface area contributed by atoms with Crippen molar-refractivity contribution < 1.29 is 9.21 Å². The van der Waals surface area contributed by atoms with Gasteiger partial charge in [-0.25, -0.2) is 10.4 Å². The fourth-order valence-corrected chi connectivity index (χ4v) is 3.04. The molecule has 1 fully saturated rings. The molecule has 1 saturated carbocycles. The van der Waals surface area contributed by atoms with Crippen LogP contribution in [0.25, 0.3) is 21.0 Å². The van der Waals surface area contributed by atoms with Gasteiger partial charge in [0.2, 0.25) is 5.91 Å². The minimum absolute atomic E-state index is 0.0193. The molecule has 1 amide bonds. The van der Waals surface area contributed by atoms with E-state index in [2.05, 4.69) is 15.5 Å². The number of thiazole rings is 1. The van der Waals surface area contributed by atoms with Crippen LogP contribution in [0.5, 0.6) is 0 Å². The third-order valence-electron chi connectivity index (χ3n) is 3.45. The lowest BCUT2D eigenvalue weighted by Crippen LogP contribution is -2.18. The first kappa shape index (κ1) is 13.2. The lowest BCUT2D eigenvalue weighted by molar-refractivity contribution is -0.122. The summed E-state index contributed by atoms with van der Waals surface area (Å²) in [6.07, 6.45) is 3.44. The molecule has 1 aliphatic carbocycles. The van der Waals surface area contributed by atoms with Gasteiger partial charge in [-0.05, 0) is 37.1 Å². The molecule has 22 heavy (non-hydrogen) atoms. The molecule has 110 valence electrons. The Bertz CT molecular complexity index is 828. The molecule has 5 nitrogen and oxygen atoms in total. The van der Waals surface area contributed by atoms with E-state index in [0.717, 1.165) is 28.1 Å². The first-order chi connectivity index (χ1) is 10.8. The third-order valence-corrected chi connectivity index (χ3v) is 4.50. The summed E-state index contributed by atoms with van der Waals surface area (Å²) in [5, 5.41) is 4.75. The first-order valence-electron chi connectivity index (χ1n) is 7.08. The minimum Gasteiger partial charge on any atom is -0.453 e. The van der Waals surface area contributed by atoms with E-state index >= 15 is 0 Å². The number of benzene rings is 1. The third kappa shape index (κ3) is 2.65. The van der Waals surface area contributed by atoms with Gasteiger partial charge in [0, 0.05) is 5.92 Å². The highest BCUT2D eigenvalue weighted by Crippen LogP contribution is 2.31. The number of aromatic nitrogens is 1. The van der Waals surface area contributed by atoms with E-state index in [1.807, 2.05) is 36.4 Å². The predicted molar refractivity (Wildman–Crippen MR) is 85.8 cm³/mol. The van der Waals surface area contributed by atoms with Gasteiger partial charge < -0.3 is 4.42 Å². The number of para-hydroxylation sites is 1. The van der Waals surface area contributed by atoms with Crippen LogP contribution in [0.2, 0.25) is 0 Å². The molecule has 0 saturated heterocycles. The van der Waals surface area contributed by atoms with Crippen molar-refractivity contribution in [1.82, 2.24) is 10.4 Å². The van der Waals surface area contributed by atoms with Crippen molar-refractivity contribution in [2.24, 2.45) is 11.0 Å². The van der Waals surface area contributed by atoms with Crippen LogP contribution in [-0.2, 0) is 4.79 Å². The van der Waals surface area contributed by atoms with E-state index in [4.69, 9.17) is 4.42 Å². The lowest BCUT2D eigenvalue weighted by atomic mass is 10.3. The zero-order valence-electron chi connectivity index (χ0n) is 11.7. The molecule has 6 heteroatoms. The number of hydrazone groups is 1. The molecule has 2 aromatic heterocycles. The molecule has 3 aromatic rings. The lowest BCUT2D eigenvalue weighted by Gasteiger charge is -1.93. The van der Waals surface area contributed by atoms with Gasteiger partial charge >= 0.3 is 0 Å². The zero-order valence-corrected chi connectivity index (χ0v) is 12.5. The van der Waals surface area contributed by atoms with Crippen LogP contribution in [0, 0.1) is 5.92 Å². The van der Waals surface area contributed by atoms with Crippen molar-refractivity contribution in [3.05, 3.63) is 42.2 Å². The van der Waals surface area contributed by atoms with Crippen molar-refractivity contribution in [3.63, 3.8) is 0 Å². The Morgan fingerprint density at radius 1 is 1.32 bits per heavy atom.